The standard InChI is InChI=1S/C21H29N7O3S/c29-8-7-25-3-5-27(6-4-25)20-19-21(23-14-22-20)28(15-24-19)18-12-26(10-16(13-30)31-18)11-17-2-1-9-32-17/h1-2,9,14-16,18,29-30H,3-8,10-13H2/t16-,18+/m0/s1. The zero-order valence-corrected chi connectivity index (χ0v) is 18.8. The Morgan fingerprint density at radius 2 is 1.94 bits per heavy atom. The van der Waals surface area contributed by atoms with Crippen molar-refractivity contribution < 1.29 is 14.9 Å². The van der Waals surface area contributed by atoms with Gasteiger partial charge in [0.1, 0.15) is 12.6 Å². The van der Waals surface area contributed by atoms with Gasteiger partial charge in [0.15, 0.2) is 17.0 Å². The average molecular weight is 460 g/mol. The van der Waals surface area contributed by atoms with Gasteiger partial charge in [-0.3, -0.25) is 14.4 Å². The number of nitrogens with zero attached hydrogens (tertiary/aromatic N) is 7. The van der Waals surface area contributed by atoms with Crippen LogP contribution >= 0.6 is 11.3 Å². The van der Waals surface area contributed by atoms with Gasteiger partial charge in [0.2, 0.25) is 0 Å². The van der Waals surface area contributed by atoms with Crippen LogP contribution in [0.4, 0.5) is 5.82 Å². The van der Waals surface area contributed by atoms with Crippen molar-refractivity contribution in [2.24, 2.45) is 0 Å². The summed E-state index contributed by atoms with van der Waals surface area (Å²) in [6, 6.07) is 4.20. The van der Waals surface area contributed by atoms with Gasteiger partial charge in [0.25, 0.3) is 0 Å². The summed E-state index contributed by atoms with van der Waals surface area (Å²) >= 11 is 1.74. The first-order valence-corrected chi connectivity index (χ1v) is 11.9. The lowest BCUT2D eigenvalue weighted by molar-refractivity contribution is -0.135. The molecule has 5 rings (SSSR count). The number of aromatic nitrogens is 4. The largest absolute Gasteiger partial charge is 0.395 e. The summed E-state index contributed by atoms with van der Waals surface area (Å²) in [5, 5.41) is 21.1. The van der Waals surface area contributed by atoms with Crippen LogP contribution < -0.4 is 4.90 Å². The molecule has 2 aliphatic rings. The molecule has 3 aromatic heterocycles. The van der Waals surface area contributed by atoms with Gasteiger partial charge in [-0.15, -0.1) is 11.3 Å². The molecule has 0 spiro atoms. The fourth-order valence-electron chi connectivity index (χ4n) is 4.50. The number of anilines is 1. The number of rotatable bonds is 7. The quantitative estimate of drug-likeness (QED) is 0.519. The van der Waals surface area contributed by atoms with Crippen LogP contribution in [0, 0.1) is 0 Å². The smallest absolute Gasteiger partial charge is 0.167 e. The lowest BCUT2D eigenvalue weighted by Crippen LogP contribution is -2.47. The number of β-amino-alcohol motifs (C(OH)–C–C–N with tert-alkyl or cyclic N) is 1. The van der Waals surface area contributed by atoms with Crippen LogP contribution in [-0.4, -0.2) is 105 Å². The van der Waals surface area contributed by atoms with Gasteiger partial charge in [0, 0.05) is 57.2 Å². The molecular formula is C21H29N7O3S. The maximum Gasteiger partial charge on any atom is 0.167 e. The number of morpholine rings is 1. The summed E-state index contributed by atoms with van der Waals surface area (Å²) < 4.78 is 8.16. The number of thiophene rings is 1. The first-order valence-electron chi connectivity index (χ1n) is 11.0. The summed E-state index contributed by atoms with van der Waals surface area (Å²) in [7, 11) is 0. The second kappa shape index (κ2) is 9.77. The second-order valence-electron chi connectivity index (χ2n) is 8.24. The number of ether oxygens (including phenoxy) is 1. The van der Waals surface area contributed by atoms with E-state index in [2.05, 4.69) is 47.2 Å². The molecular weight excluding hydrogens is 430 g/mol. The van der Waals surface area contributed by atoms with Crippen LogP contribution in [0.25, 0.3) is 11.2 Å². The maximum absolute atomic E-state index is 9.81. The molecule has 11 heteroatoms. The summed E-state index contributed by atoms with van der Waals surface area (Å²) in [5.41, 5.74) is 1.51. The van der Waals surface area contributed by atoms with Crippen LogP contribution in [0.3, 0.4) is 0 Å². The lowest BCUT2D eigenvalue weighted by atomic mass is 10.2. The van der Waals surface area contributed by atoms with E-state index in [1.807, 2.05) is 4.57 Å². The van der Waals surface area contributed by atoms with Crippen molar-refractivity contribution in [2.75, 3.05) is 63.9 Å². The molecule has 2 aliphatic heterocycles. The molecule has 2 atom stereocenters. The predicted octanol–water partition coefficient (Wildman–Crippen LogP) is 0.394. The van der Waals surface area contributed by atoms with Gasteiger partial charge in [0.05, 0.1) is 25.6 Å². The summed E-state index contributed by atoms with van der Waals surface area (Å²) in [6.45, 7) is 6.51. The Hall–Kier alpha value is -2.15. The minimum Gasteiger partial charge on any atom is -0.395 e. The van der Waals surface area contributed by atoms with Gasteiger partial charge in [-0.2, -0.15) is 0 Å². The minimum atomic E-state index is -0.282. The first kappa shape index (κ1) is 21.7. The van der Waals surface area contributed by atoms with E-state index in [1.54, 1.807) is 24.0 Å². The third kappa shape index (κ3) is 4.49. The topological polar surface area (TPSA) is 103 Å². The van der Waals surface area contributed by atoms with Crippen molar-refractivity contribution in [3.63, 3.8) is 0 Å². The van der Waals surface area contributed by atoms with Crippen molar-refractivity contribution in [3.05, 3.63) is 35.0 Å². The van der Waals surface area contributed by atoms with E-state index in [4.69, 9.17) is 4.74 Å². The monoisotopic (exact) mass is 459 g/mol. The van der Waals surface area contributed by atoms with Crippen molar-refractivity contribution in [2.45, 2.75) is 18.9 Å². The van der Waals surface area contributed by atoms with Gasteiger partial charge in [-0.05, 0) is 11.4 Å². The van der Waals surface area contributed by atoms with E-state index in [1.165, 1.54) is 4.88 Å². The minimum absolute atomic E-state index is 0.0254. The summed E-state index contributed by atoms with van der Waals surface area (Å²) in [4.78, 5) is 21.8. The number of aliphatic hydroxyl groups excluding tert-OH is 2. The zero-order chi connectivity index (χ0) is 21.9. The lowest BCUT2D eigenvalue weighted by Gasteiger charge is -2.37. The molecule has 2 N–H and O–H groups in total. The SMILES string of the molecule is OCCN1CCN(c2ncnc3c2ncn3[C@H]2CN(Cc3cccs3)C[C@@H](CO)O2)CC1. The molecule has 0 aromatic carbocycles. The highest BCUT2D eigenvalue weighted by Crippen LogP contribution is 2.28. The van der Waals surface area contributed by atoms with E-state index in [0.717, 1.165) is 49.7 Å². The molecule has 3 aromatic rings. The number of piperazine rings is 1. The highest BCUT2D eigenvalue weighted by atomic mass is 32.1. The second-order valence-corrected chi connectivity index (χ2v) is 9.27. The number of aliphatic hydroxyl groups is 2. The molecule has 172 valence electrons. The highest BCUT2D eigenvalue weighted by molar-refractivity contribution is 7.09. The van der Waals surface area contributed by atoms with Crippen molar-refractivity contribution in [1.82, 2.24) is 29.3 Å². The van der Waals surface area contributed by atoms with Gasteiger partial charge < -0.3 is 19.8 Å². The predicted molar refractivity (Wildman–Crippen MR) is 122 cm³/mol. The van der Waals surface area contributed by atoms with E-state index in [0.29, 0.717) is 19.6 Å². The Morgan fingerprint density at radius 3 is 2.69 bits per heavy atom. The molecule has 0 bridgehead atoms. The number of imidazole rings is 1. The molecule has 0 amide bonds. The number of hydrogen-bond acceptors (Lipinski definition) is 10. The number of fused-ring (bicyclic) bond motifs is 1. The summed E-state index contributed by atoms with van der Waals surface area (Å²) in [6.07, 6.45) is 2.83. The molecule has 2 fully saturated rings. The van der Waals surface area contributed by atoms with E-state index in [9.17, 15) is 10.2 Å². The van der Waals surface area contributed by atoms with Crippen LogP contribution in [0.1, 0.15) is 11.1 Å². The van der Waals surface area contributed by atoms with Crippen molar-refractivity contribution in [1.29, 1.82) is 0 Å². The van der Waals surface area contributed by atoms with Crippen molar-refractivity contribution >= 4 is 28.3 Å². The molecule has 0 radical (unpaired) electrons. The normalized spacial score (nSPS) is 23.2. The van der Waals surface area contributed by atoms with E-state index in [-0.39, 0.29) is 25.5 Å². The summed E-state index contributed by atoms with van der Waals surface area (Å²) in [5.74, 6) is 0.836. The van der Waals surface area contributed by atoms with E-state index < -0.39 is 0 Å². The average Bonchev–Trinajstić information content (AvgIpc) is 3.49. The molecule has 0 saturated carbocycles. The molecule has 2 saturated heterocycles. The number of hydrogen-bond donors (Lipinski definition) is 2. The van der Waals surface area contributed by atoms with E-state index >= 15 is 0 Å². The Morgan fingerprint density at radius 1 is 1.06 bits per heavy atom. The Bertz CT molecular complexity index is 1010. The fraction of sp³-hybridized carbons (Fsp3) is 0.571. The molecule has 32 heavy (non-hydrogen) atoms. The van der Waals surface area contributed by atoms with Crippen LogP contribution in [0.15, 0.2) is 30.2 Å². The third-order valence-corrected chi connectivity index (χ3v) is 6.99. The van der Waals surface area contributed by atoms with Gasteiger partial charge in [-0.1, -0.05) is 6.07 Å². The fourth-order valence-corrected chi connectivity index (χ4v) is 5.25. The molecule has 0 unspecified atom stereocenters. The molecule has 0 aliphatic carbocycles. The molecule has 10 nitrogen and oxygen atoms in total. The third-order valence-electron chi connectivity index (χ3n) is 6.13. The van der Waals surface area contributed by atoms with Crippen LogP contribution in [0.5, 0.6) is 0 Å². The maximum atomic E-state index is 9.81. The highest BCUT2D eigenvalue weighted by Gasteiger charge is 2.31. The van der Waals surface area contributed by atoms with Gasteiger partial charge >= 0.3 is 0 Å². The first-order chi connectivity index (χ1) is 15.7. The Labute approximate surface area is 190 Å². The van der Waals surface area contributed by atoms with Crippen LogP contribution in [0.2, 0.25) is 0 Å². The Kier molecular flexibility index (Phi) is 6.62. The Balaban J connectivity index is 1.36. The van der Waals surface area contributed by atoms with Crippen molar-refractivity contribution in [3.8, 4) is 0 Å². The zero-order valence-electron chi connectivity index (χ0n) is 18.0. The van der Waals surface area contributed by atoms with Gasteiger partial charge in [-0.25, -0.2) is 15.0 Å². The molecule has 5 heterocycles. The van der Waals surface area contributed by atoms with Crippen LogP contribution in [-0.2, 0) is 11.3 Å².